The van der Waals surface area contributed by atoms with E-state index in [1.54, 1.807) is 0 Å². The molecule has 20 heavy (non-hydrogen) atoms. The minimum atomic E-state index is -2.28. The number of hydrogen-bond donors (Lipinski definition) is 0. The molecule has 0 aromatic rings. The van der Waals surface area contributed by atoms with Gasteiger partial charge in [-0.25, -0.2) is 4.79 Å². The van der Waals surface area contributed by atoms with Gasteiger partial charge in [0.1, 0.15) is 0 Å². The predicted molar refractivity (Wildman–Crippen MR) is 85.6 cm³/mol. The van der Waals surface area contributed by atoms with Gasteiger partial charge in [0.05, 0.1) is 6.61 Å². The Morgan fingerprint density at radius 3 is 2.25 bits per heavy atom. The number of ether oxygens (including phenoxy) is 1. The van der Waals surface area contributed by atoms with Crippen molar-refractivity contribution in [3.63, 3.8) is 0 Å². The Bertz CT molecular complexity index is 328. The van der Waals surface area contributed by atoms with Gasteiger partial charge in [0.2, 0.25) is 0 Å². The zero-order valence-corrected chi connectivity index (χ0v) is 17.1. The minimum absolute atomic E-state index is 0.360. The van der Waals surface area contributed by atoms with Crippen molar-refractivity contribution in [2.45, 2.75) is 38.7 Å². The van der Waals surface area contributed by atoms with Crippen LogP contribution in [-0.4, -0.2) is 49.0 Å². The van der Waals surface area contributed by atoms with Crippen molar-refractivity contribution in [1.29, 1.82) is 0 Å². The zero-order valence-electron chi connectivity index (χ0n) is 12.6. The second-order valence-electron chi connectivity index (χ2n) is 4.82. The van der Waals surface area contributed by atoms with E-state index in [1.165, 1.54) is 6.08 Å². The van der Waals surface area contributed by atoms with Crippen molar-refractivity contribution in [2.75, 3.05) is 6.61 Å². The van der Waals surface area contributed by atoms with Crippen LogP contribution in [0.15, 0.2) is 12.7 Å². The highest BCUT2D eigenvalue weighted by Crippen LogP contribution is 2.21. The van der Waals surface area contributed by atoms with E-state index in [1.807, 2.05) is 26.2 Å². The second kappa shape index (κ2) is 8.38. The number of esters is 1. The first-order valence-corrected chi connectivity index (χ1v) is 15.6. The van der Waals surface area contributed by atoms with Crippen LogP contribution < -0.4 is 0 Å². The SMILES string of the molecule is C=CC(=O)OCCC[Si]1(C)O[SiH](C)O[SiH](C)O[SiH](C)O1. The third kappa shape index (κ3) is 6.58. The standard InChI is InChI=1S/C10H24O6Si4/c1-6-10(11)12-8-7-9-20(5)15-18(3)13-17(2)14-19(4)16-20/h6,17-19H,1,7-9H2,2-5H3. The first kappa shape index (κ1) is 18.0. The number of hydrogen-bond acceptors (Lipinski definition) is 6. The highest BCUT2D eigenvalue weighted by Gasteiger charge is 2.38. The Balaban J connectivity index is 2.46. The molecule has 0 aliphatic carbocycles. The Kier molecular flexibility index (Phi) is 7.53. The van der Waals surface area contributed by atoms with E-state index in [0.29, 0.717) is 6.61 Å². The van der Waals surface area contributed by atoms with Crippen LogP contribution in [0.2, 0.25) is 32.2 Å². The normalized spacial score (nSPS) is 34.9. The molecule has 1 rings (SSSR count). The molecule has 1 heterocycles. The molecular formula is C10H24O6Si4. The fraction of sp³-hybridized carbons (Fsp3) is 0.700. The Morgan fingerprint density at radius 2 is 1.75 bits per heavy atom. The van der Waals surface area contributed by atoms with Crippen molar-refractivity contribution in [1.82, 2.24) is 0 Å². The van der Waals surface area contributed by atoms with E-state index < -0.39 is 42.4 Å². The molecule has 10 heteroatoms. The molecule has 0 aromatic carbocycles. The van der Waals surface area contributed by atoms with E-state index >= 15 is 0 Å². The Labute approximate surface area is 126 Å². The molecule has 6 nitrogen and oxygen atoms in total. The van der Waals surface area contributed by atoms with Crippen molar-refractivity contribution in [3.8, 4) is 0 Å². The molecular weight excluding hydrogens is 328 g/mol. The van der Waals surface area contributed by atoms with Gasteiger partial charge in [0.25, 0.3) is 27.9 Å². The summed E-state index contributed by atoms with van der Waals surface area (Å²) in [7, 11) is -7.23. The highest BCUT2D eigenvalue weighted by molar-refractivity contribution is 6.81. The third-order valence-electron chi connectivity index (χ3n) is 2.78. The number of carbonyl (C=O) groups is 1. The summed E-state index contributed by atoms with van der Waals surface area (Å²) in [5.41, 5.74) is 0. The largest absolute Gasteiger partial charge is 0.463 e. The van der Waals surface area contributed by atoms with Crippen LogP contribution in [0.1, 0.15) is 6.42 Å². The summed E-state index contributed by atoms with van der Waals surface area (Å²) in [5, 5.41) is 0. The van der Waals surface area contributed by atoms with Crippen LogP contribution in [0.4, 0.5) is 0 Å². The second-order valence-corrected chi connectivity index (χ2v) is 15.1. The highest BCUT2D eigenvalue weighted by atomic mass is 28.5. The minimum Gasteiger partial charge on any atom is -0.463 e. The van der Waals surface area contributed by atoms with Gasteiger partial charge >= 0.3 is 14.5 Å². The zero-order chi connectivity index (χ0) is 15.2. The van der Waals surface area contributed by atoms with Crippen molar-refractivity contribution < 1.29 is 26.0 Å². The fourth-order valence-corrected chi connectivity index (χ4v) is 16.8. The van der Waals surface area contributed by atoms with Crippen LogP contribution in [0, 0.1) is 0 Å². The van der Waals surface area contributed by atoms with Gasteiger partial charge in [0.15, 0.2) is 0 Å². The average molecular weight is 353 g/mol. The molecule has 0 spiro atoms. The van der Waals surface area contributed by atoms with Crippen LogP contribution in [-0.2, 0) is 26.0 Å². The predicted octanol–water partition coefficient (Wildman–Crippen LogP) is 0.809. The van der Waals surface area contributed by atoms with Crippen molar-refractivity contribution >= 4 is 42.4 Å². The molecule has 0 saturated carbocycles. The first-order valence-electron chi connectivity index (χ1n) is 6.80. The quantitative estimate of drug-likeness (QED) is 0.316. The lowest BCUT2D eigenvalue weighted by Crippen LogP contribution is -2.53. The molecule has 0 radical (unpaired) electrons. The third-order valence-corrected chi connectivity index (χ3v) is 16.8. The Hall–Kier alpha value is -0.0825. The topological polar surface area (TPSA) is 63.2 Å². The smallest absolute Gasteiger partial charge is 0.330 e. The van der Waals surface area contributed by atoms with Gasteiger partial charge in [-0.15, -0.1) is 0 Å². The van der Waals surface area contributed by atoms with E-state index in [9.17, 15) is 4.79 Å². The molecule has 2 atom stereocenters. The van der Waals surface area contributed by atoms with E-state index in [0.717, 1.165) is 12.5 Å². The van der Waals surface area contributed by atoms with Crippen LogP contribution >= 0.6 is 0 Å². The average Bonchev–Trinajstić information content (AvgIpc) is 2.31. The summed E-state index contributed by atoms with van der Waals surface area (Å²) in [5.74, 6) is -0.395. The maximum atomic E-state index is 11.0. The van der Waals surface area contributed by atoms with Gasteiger partial charge in [-0.3, -0.25) is 0 Å². The molecule has 0 bridgehead atoms. The lowest BCUT2D eigenvalue weighted by molar-refractivity contribution is -0.137. The van der Waals surface area contributed by atoms with Crippen molar-refractivity contribution in [2.24, 2.45) is 0 Å². The maximum Gasteiger partial charge on any atom is 0.330 e. The van der Waals surface area contributed by atoms with E-state index in [-0.39, 0.29) is 0 Å². The van der Waals surface area contributed by atoms with Gasteiger partial charge in [-0.2, -0.15) is 0 Å². The molecule has 116 valence electrons. The maximum absolute atomic E-state index is 11.0. The summed E-state index contributed by atoms with van der Waals surface area (Å²) in [6, 6.07) is 0.773. The van der Waals surface area contributed by atoms with Gasteiger partial charge in [0, 0.05) is 6.08 Å². The summed E-state index contributed by atoms with van der Waals surface area (Å²) in [4.78, 5) is 11.0. The number of rotatable bonds is 5. The molecule has 0 amide bonds. The van der Waals surface area contributed by atoms with Gasteiger partial charge in [-0.1, -0.05) is 6.58 Å². The number of carbonyl (C=O) groups excluding carboxylic acids is 1. The van der Waals surface area contributed by atoms with Crippen molar-refractivity contribution in [3.05, 3.63) is 12.7 Å². The summed E-state index contributed by atoms with van der Waals surface area (Å²) in [6.45, 7) is 11.8. The summed E-state index contributed by atoms with van der Waals surface area (Å²) in [6.07, 6.45) is 1.89. The van der Waals surface area contributed by atoms with Gasteiger partial charge in [-0.05, 0) is 38.7 Å². The summed E-state index contributed by atoms with van der Waals surface area (Å²) < 4.78 is 28.9. The lowest BCUT2D eigenvalue weighted by atomic mass is 10.5. The lowest BCUT2D eigenvalue weighted by Gasteiger charge is -2.37. The monoisotopic (exact) mass is 352 g/mol. The van der Waals surface area contributed by atoms with Crippen LogP contribution in [0.5, 0.6) is 0 Å². The van der Waals surface area contributed by atoms with E-state index in [2.05, 4.69) is 6.58 Å². The van der Waals surface area contributed by atoms with Gasteiger partial charge < -0.3 is 21.2 Å². The molecule has 1 fully saturated rings. The van der Waals surface area contributed by atoms with Crippen LogP contribution in [0.3, 0.4) is 0 Å². The first-order chi connectivity index (χ1) is 9.34. The molecule has 1 saturated heterocycles. The molecule has 0 N–H and O–H groups in total. The molecule has 0 aromatic heterocycles. The molecule has 2 unspecified atom stereocenters. The van der Waals surface area contributed by atoms with Crippen LogP contribution in [0.25, 0.3) is 0 Å². The fourth-order valence-electron chi connectivity index (χ4n) is 2.10. The molecule has 1 aliphatic rings. The molecule has 1 aliphatic heterocycles. The Morgan fingerprint density at radius 1 is 1.20 bits per heavy atom. The summed E-state index contributed by atoms with van der Waals surface area (Å²) >= 11 is 0. The van der Waals surface area contributed by atoms with E-state index in [4.69, 9.17) is 21.2 Å².